The van der Waals surface area contributed by atoms with Crippen LogP contribution in [0.15, 0.2) is 48.8 Å². The van der Waals surface area contributed by atoms with Gasteiger partial charge in [-0.2, -0.15) is 13.2 Å². The number of carbonyl (C=O) groups is 1. The minimum Gasteiger partial charge on any atom is -0.493 e. The Morgan fingerprint density at radius 1 is 1.15 bits per heavy atom. The number of fused-ring (bicyclic) bond motifs is 3. The summed E-state index contributed by atoms with van der Waals surface area (Å²) < 4.78 is 50.1. The number of benzene rings is 1. The summed E-state index contributed by atoms with van der Waals surface area (Å²) in [5.41, 5.74) is 0.179. The second-order valence-electron chi connectivity index (χ2n) is 8.35. The zero-order chi connectivity index (χ0) is 23.2. The largest absolute Gasteiger partial charge is 0.493 e. The van der Waals surface area contributed by atoms with Gasteiger partial charge < -0.3 is 14.4 Å². The molecule has 0 N–H and O–H groups in total. The van der Waals surface area contributed by atoms with Crippen LogP contribution in [0.2, 0.25) is 0 Å². The van der Waals surface area contributed by atoms with Gasteiger partial charge in [-0.1, -0.05) is 6.07 Å². The Labute approximate surface area is 188 Å². The fourth-order valence-electron chi connectivity index (χ4n) is 4.85. The molecule has 1 saturated heterocycles. The van der Waals surface area contributed by atoms with Crippen molar-refractivity contribution in [3.05, 3.63) is 59.9 Å². The number of aromatic nitrogens is 2. The van der Waals surface area contributed by atoms with Crippen molar-refractivity contribution in [2.24, 2.45) is 5.92 Å². The van der Waals surface area contributed by atoms with E-state index in [-0.39, 0.29) is 29.9 Å². The van der Waals surface area contributed by atoms with Crippen LogP contribution in [0.3, 0.4) is 0 Å². The molecule has 2 fully saturated rings. The average Bonchev–Trinajstić information content (AvgIpc) is 3.39. The summed E-state index contributed by atoms with van der Waals surface area (Å²) >= 11 is 0. The first-order chi connectivity index (χ1) is 15.8. The molecular weight excluding hydrogens is 435 g/mol. The first-order valence-corrected chi connectivity index (χ1v) is 10.9. The van der Waals surface area contributed by atoms with E-state index in [9.17, 15) is 18.0 Å². The molecule has 5 rings (SSSR count). The number of ether oxygens (including phenoxy) is 2. The molecule has 2 aromatic heterocycles. The van der Waals surface area contributed by atoms with Crippen molar-refractivity contribution < 1.29 is 27.4 Å². The predicted molar refractivity (Wildman–Crippen MR) is 114 cm³/mol. The van der Waals surface area contributed by atoms with Crippen molar-refractivity contribution in [2.45, 2.75) is 38.1 Å². The highest BCUT2D eigenvalue weighted by molar-refractivity contribution is 6.08. The molecule has 3 atom stereocenters. The zero-order valence-corrected chi connectivity index (χ0v) is 17.9. The fraction of sp³-hybridized carbons (Fsp3) is 0.375. The Kier molecular flexibility index (Phi) is 5.34. The van der Waals surface area contributed by atoms with Gasteiger partial charge >= 0.3 is 6.18 Å². The molecule has 1 unspecified atom stereocenters. The highest BCUT2D eigenvalue weighted by atomic mass is 19.4. The molecule has 0 spiro atoms. The molecular formula is C24H22F3N3O3. The molecule has 1 aliphatic heterocycles. The normalized spacial score (nSPS) is 22.1. The third-order valence-electron chi connectivity index (χ3n) is 6.27. The van der Waals surface area contributed by atoms with E-state index in [4.69, 9.17) is 9.47 Å². The van der Waals surface area contributed by atoms with E-state index in [0.29, 0.717) is 30.0 Å². The summed E-state index contributed by atoms with van der Waals surface area (Å²) in [6.07, 6.45) is -0.876. The van der Waals surface area contributed by atoms with E-state index in [1.54, 1.807) is 17.2 Å². The number of likely N-dealkylation sites (tertiary alicyclic amines) is 1. The van der Waals surface area contributed by atoms with Gasteiger partial charge in [-0.3, -0.25) is 9.78 Å². The van der Waals surface area contributed by atoms with Crippen molar-refractivity contribution >= 4 is 16.8 Å². The molecule has 1 saturated carbocycles. The van der Waals surface area contributed by atoms with Crippen molar-refractivity contribution in [3.8, 4) is 11.6 Å². The van der Waals surface area contributed by atoms with Gasteiger partial charge in [0, 0.05) is 30.4 Å². The molecule has 33 heavy (non-hydrogen) atoms. The SMILES string of the molecule is CCOc1ccc2cccnc2c1C(=O)N1CC2C[C@@H](Oc3ccc(C(F)(F)F)cn3)[C@@H]1C2. The van der Waals surface area contributed by atoms with Gasteiger partial charge in [-0.25, -0.2) is 4.98 Å². The first-order valence-electron chi connectivity index (χ1n) is 10.9. The molecule has 6 nitrogen and oxygen atoms in total. The van der Waals surface area contributed by atoms with Crippen molar-refractivity contribution in [1.29, 1.82) is 0 Å². The van der Waals surface area contributed by atoms with Crippen LogP contribution in [0.5, 0.6) is 11.6 Å². The number of amides is 1. The van der Waals surface area contributed by atoms with E-state index in [1.807, 2.05) is 25.1 Å². The lowest BCUT2D eigenvalue weighted by Crippen LogP contribution is -2.47. The number of carbonyl (C=O) groups excluding carboxylic acids is 1. The molecule has 1 aliphatic carbocycles. The third kappa shape index (κ3) is 3.96. The molecule has 2 bridgehead atoms. The van der Waals surface area contributed by atoms with E-state index in [1.165, 1.54) is 6.07 Å². The van der Waals surface area contributed by atoms with Gasteiger partial charge in [0.15, 0.2) is 0 Å². The zero-order valence-electron chi connectivity index (χ0n) is 17.9. The first kappa shape index (κ1) is 21.5. The van der Waals surface area contributed by atoms with E-state index < -0.39 is 11.7 Å². The Morgan fingerprint density at radius 3 is 2.70 bits per heavy atom. The molecule has 3 aromatic rings. The number of halogens is 3. The van der Waals surface area contributed by atoms with Gasteiger partial charge in [0.1, 0.15) is 17.4 Å². The van der Waals surface area contributed by atoms with Crippen LogP contribution in [-0.4, -0.2) is 46.1 Å². The Morgan fingerprint density at radius 2 is 2.00 bits per heavy atom. The monoisotopic (exact) mass is 457 g/mol. The van der Waals surface area contributed by atoms with Gasteiger partial charge in [-0.15, -0.1) is 0 Å². The lowest BCUT2D eigenvalue weighted by molar-refractivity contribution is -0.137. The summed E-state index contributed by atoms with van der Waals surface area (Å²) in [4.78, 5) is 23.8. The number of pyridine rings is 2. The number of piperidine rings is 1. The standard InChI is InChI=1S/C24H22F3N3O3/c1-2-32-18-7-5-15-4-3-9-28-22(15)21(18)23(31)30-13-14-10-17(30)19(11-14)33-20-8-6-16(12-29-20)24(25,26)27/h3-9,12,14,17,19H,2,10-11,13H2,1H3/t14?,17-,19+/m0/s1. The van der Waals surface area contributed by atoms with Crippen molar-refractivity contribution in [3.63, 3.8) is 0 Å². The van der Waals surface area contributed by atoms with Gasteiger partial charge in [0.05, 0.1) is 23.7 Å². The van der Waals surface area contributed by atoms with Crippen LogP contribution in [0.4, 0.5) is 13.2 Å². The lowest BCUT2D eigenvalue weighted by atomic mass is 10.0. The van der Waals surface area contributed by atoms with Gasteiger partial charge in [0.25, 0.3) is 5.91 Å². The quantitative estimate of drug-likeness (QED) is 0.554. The summed E-state index contributed by atoms with van der Waals surface area (Å²) in [7, 11) is 0. The minimum atomic E-state index is -4.45. The summed E-state index contributed by atoms with van der Waals surface area (Å²) in [5.74, 6) is 0.689. The second-order valence-corrected chi connectivity index (χ2v) is 8.35. The molecule has 9 heteroatoms. The van der Waals surface area contributed by atoms with E-state index in [2.05, 4.69) is 9.97 Å². The molecule has 1 aromatic carbocycles. The number of hydrogen-bond acceptors (Lipinski definition) is 5. The molecule has 3 heterocycles. The Balaban J connectivity index is 1.40. The van der Waals surface area contributed by atoms with E-state index in [0.717, 1.165) is 30.5 Å². The Hall–Kier alpha value is -3.36. The van der Waals surface area contributed by atoms with Crippen LogP contribution in [0.1, 0.15) is 35.7 Å². The maximum atomic E-state index is 13.7. The second kappa shape index (κ2) is 8.20. The molecule has 0 radical (unpaired) electrons. The maximum Gasteiger partial charge on any atom is 0.417 e. The number of alkyl halides is 3. The molecule has 172 valence electrons. The minimum absolute atomic E-state index is 0.120. The Bertz CT molecular complexity index is 1180. The third-order valence-corrected chi connectivity index (χ3v) is 6.27. The van der Waals surface area contributed by atoms with Crippen LogP contribution in [0.25, 0.3) is 10.9 Å². The predicted octanol–water partition coefficient (Wildman–Crippen LogP) is 4.73. The highest BCUT2D eigenvalue weighted by Crippen LogP contribution is 2.42. The summed E-state index contributed by atoms with van der Waals surface area (Å²) in [5, 5.41) is 0.843. The smallest absolute Gasteiger partial charge is 0.417 e. The highest BCUT2D eigenvalue weighted by Gasteiger charge is 2.49. The van der Waals surface area contributed by atoms with Crippen LogP contribution in [-0.2, 0) is 6.18 Å². The fourth-order valence-corrected chi connectivity index (χ4v) is 4.85. The molecule has 1 amide bonds. The van der Waals surface area contributed by atoms with Crippen molar-refractivity contribution in [1.82, 2.24) is 14.9 Å². The van der Waals surface area contributed by atoms with Gasteiger partial charge in [0.2, 0.25) is 5.88 Å². The molecule has 2 aliphatic rings. The average molecular weight is 457 g/mol. The number of hydrogen-bond donors (Lipinski definition) is 0. The maximum absolute atomic E-state index is 13.7. The van der Waals surface area contributed by atoms with Gasteiger partial charge in [-0.05, 0) is 49.9 Å². The number of nitrogens with zero attached hydrogens (tertiary/aromatic N) is 3. The summed E-state index contributed by atoms with van der Waals surface area (Å²) in [6.45, 7) is 2.87. The topological polar surface area (TPSA) is 64.5 Å². The summed E-state index contributed by atoms with van der Waals surface area (Å²) in [6, 6.07) is 9.36. The van der Waals surface area contributed by atoms with Crippen molar-refractivity contribution in [2.75, 3.05) is 13.2 Å². The number of rotatable bonds is 5. The lowest BCUT2D eigenvalue weighted by Gasteiger charge is -2.33. The van der Waals surface area contributed by atoms with Crippen LogP contribution < -0.4 is 9.47 Å². The van der Waals surface area contributed by atoms with E-state index >= 15 is 0 Å². The van der Waals surface area contributed by atoms with Crippen LogP contribution >= 0.6 is 0 Å². The van der Waals surface area contributed by atoms with Crippen LogP contribution in [0, 0.1) is 5.92 Å².